The van der Waals surface area contributed by atoms with Crippen molar-refractivity contribution in [2.24, 2.45) is 0 Å². The number of carbonyl (C=O) groups excluding carboxylic acids is 1. The van der Waals surface area contributed by atoms with Crippen molar-refractivity contribution >= 4 is 17.2 Å². The molecular formula is C15H20N6OS. The highest BCUT2D eigenvalue weighted by atomic mass is 32.1. The van der Waals surface area contributed by atoms with E-state index in [9.17, 15) is 4.79 Å². The first kappa shape index (κ1) is 14.8. The zero-order chi connectivity index (χ0) is 15.8. The second-order valence-electron chi connectivity index (χ2n) is 6.29. The summed E-state index contributed by atoms with van der Waals surface area (Å²) in [6.45, 7) is 1.98. The summed E-state index contributed by atoms with van der Waals surface area (Å²) in [5.41, 5.74) is 0.774. The van der Waals surface area contributed by atoms with E-state index in [0.29, 0.717) is 12.1 Å². The van der Waals surface area contributed by atoms with Crippen LogP contribution in [-0.4, -0.2) is 68.1 Å². The quantitative estimate of drug-likeness (QED) is 0.850. The first-order valence-electron chi connectivity index (χ1n) is 8.08. The van der Waals surface area contributed by atoms with Crippen LogP contribution in [0.1, 0.15) is 35.4 Å². The highest BCUT2D eigenvalue weighted by molar-refractivity contribution is 7.12. The lowest BCUT2D eigenvalue weighted by Crippen LogP contribution is -2.47. The second kappa shape index (κ2) is 6.01. The maximum atomic E-state index is 13.1. The van der Waals surface area contributed by atoms with Crippen molar-refractivity contribution in [1.29, 1.82) is 0 Å². The zero-order valence-electron chi connectivity index (χ0n) is 13.1. The van der Waals surface area contributed by atoms with E-state index in [0.717, 1.165) is 36.5 Å². The predicted octanol–water partition coefficient (Wildman–Crippen LogP) is 1.42. The van der Waals surface area contributed by atoms with Gasteiger partial charge in [-0.3, -0.25) is 4.79 Å². The molecule has 0 aromatic carbocycles. The van der Waals surface area contributed by atoms with Gasteiger partial charge in [0.1, 0.15) is 11.2 Å². The third-order valence-corrected chi connectivity index (χ3v) is 5.91. The summed E-state index contributed by atoms with van der Waals surface area (Å²) in [4.78, 5) is 18.3. The molecule has 2 fully saturated rings. The van der Waals surface area contributed by atoms with Gasteiger partial charge in [0.15, 0.2) is 0 Å². The average molecular weight is 332 g/mol. The van der Waals surface area contributed by atoms with Crippen LogP contribution in [0.3, 0.4) is 0 Å². The van der Waals surface area contributed by atoms with Gasteiger partial charge in [-0.25, -0.2) is 0 Å². The highest BCUT2D eigenvalue weighted by Crippen LogP contribution is 2.32. The van der Waals surface area contributed by atoms with Crippen molar-refractivity contribution in [3.8, 4) is 5.69 Å². The summed E-state index contributed by atoms with van der Waals surface area (Å²) >= 11 is 1.47. The largest absolute Gasteiger partial charge is 0.333 e. The Bertz CT molecular complexity index is 684. The lowest BCUT2D eigenvalue weighted by Gasteiger charge is -2.33. The first-order chi connectivity index (χ1) is 11.3. The molecule has 8 heteroatoms. The molecular weight excluding hydrogens is 312 g/mol. The molecule has 0 N–H and O–H groups in total. The van der Waals surface area contributed by atoms with E-state index in [1.54, 1.807) is 4.68 Å². The van der Waals surface area contributed by atoms with E-state index in [2.05, 4.69) is 32.4 Å². The SMILES string of the molecule is CN1CCC[C@@H]1[C@H]1CCCN1C(=O)c1sccc1-n1cnnn1. The summed E-state index contributed by atoms with van der Waals surface area (Å²) in [6, 6.07) is 2.73. The zero-order valence-corrected chi connectivity index (χ0v) is 13.9. The number of aromatic nitrogens is 4. The number of nitrogens with zero attached hydrogens (tertiary/aromatic N) is 6. The van der Waals surface area contributed by atoms with Gasteiger partial charge in [0.25, 0.3) is 5.91 Å². The number of amides is 1. The van der Waals surface area contributed by atoms with Crippen LogP contribution in [0.15, 0.2) is 17.8 Å². The summed E-state index contributed by atoms with van der Waals surface area (Å²) in [5.74, 6) is 0.119. The molecule has 0 spiro atoms. The summed E-state index contributed by atoms with van der Waals surface area (Å²) in [7, 11) is 2.18. The lowest BCUT2D eigenvalue weighted by atomic mass is 10.0. The number of hydrogen-bond acceptors (Lipinski definition) is 6. The molecule has 2 saturated heterocycles. The molecule has 2 atom stereocenters. The molecule has 0 aliphatic carbocycles. The van der Waals surface area contributed by atoms with Crippen LogP contribution in [-0.2, 0) is 0 Å². The fourth-order valence-corrected chi connectivity index (χ4v) is 4.75. The van der Waals surface area contributed by atoms with Gasteiger partial charge in [-0.1, -0.05) is 0 Å². The second-order valence-corrected chi connectivity index (χ2v) is 7.20. The van der Waals surface area contributed by atoms with Crippen LogP contribution in [0, 0.1) is 0 Å². The van der Waals surface area contributed by atoms with E-state index >= 15 is 0 Å². The van der Waals surface area contributed by atoms with Gasteiger partial charge < -0.3 is 9.80 Å². The Balaban J connectivity index is 1.60. The molecule has 2 aromatic rings. The van der Waals surface area contributed by atoms with Crippen molar-refractivity contribution in [2.75, 3.05) is 20.1 Å². The van der Waals surface area contributed by atoms with Gasteiger partial charge in [0.2, 0.25) is 0 Å². The Morgan fingerprint density at radius 2 is 2.09 bits per heavy atom. The highest BCUT2D eigenvalue weighted by Gasteiger charge is 2.39. The Labute approximate surface area is 138 Å². The smallest absolute Gasteiger partial charge is 0.266 e. The molecule has 122 valence electrons. The normalized spacial score (nSPS) is 25.3. The number of rotatable bonds is 3. The molecule has 0 radical (unpaired) electrons. The van der Waals surface area contributed by atoms with E-state index in [1.165, 1.54) is 30.5 Å². The molecule has 2 aromatic heterocycles. The Morgan fingerprint density at radius 1 is 1.26 bits per heavy atom. The molecule has 0 unspecified atom stereocenters. The number of likely N-dealkylation sites (N-methyl/N-ethyl adjacent to an activating group) is 1. The van der Waals surface area contributed by atoms with Crippen molar-refractivity contribution < 1.29 is 4.79 Å². The maximum Gasteiger partial charge on any atom is 0.266 e. The fourth-order valence-electron chi connectivity index (χ4n) is 3.91. The third-order valence-electron chi connectivity index (χ3n) is 5.02. The predicted molar refractivity (Wildman–Crippen MR) is 86.7 cm³/mol. The van der Waals surface area contributed by atoms with Crippen LogP contribution >= 0.6 is 11.3 Å². The van der Waals surface area contributed by atoms with Gasteiger partial charge in [0, 0.05) is 18.6 Å². The van der Waals surface area contributed by atoms with E-state index in [1.807, 2.05) is 11.4 Å². The van der Waals surface area contributed by atoms with Crippen molar-refractivity contribution in [3.63, 3.8) is 0 Å². The standard InChI is InChI=1S/C15H20N6OS/c1-19-7-2-4-11(19)12-5-3-8-20(12)15(22)14-13(6-9-23-14)21-10-16-17-18-21/h6,9-12H,2-5,7-8H2,1H3/t11-,12-/m1/s1. The number of thiophene rings is 1. The van der Waals surface area contributed by atoms with E-state index in [4.69, 9.17) is 0 Å². The number of hydrogen-bond donors (Lipinski definition) is 0. The Hall–Kier alpha value is -1.80. The molecule has 4 rings (SSSR count). The van der Waals surface area contributed by atoms with Crippen LogP contribution < -0.4 is 0 Å². The third kappa shape index (κ3) is 2.55. The Kier molecular flexibility index (Phi) is 3.86. The molecule has 0 saturated carbocycles. The van der Waals surface area contributed by atoms with Crippen molar-refractivity contribution in [2.45, 2.75) is 37.8 Å². The molecule has 4 heterocycles. The number of carbonyl (C=O) groups is 1. The molecule has 1 amide bonds. The summed E-state index contributed by atoms with van der Waals surface area (Å²) in [5, 5.41) is 13.2. The minimum atomic E-state index is 0.119. The van der Waals surface area contributed by atoms with Crippen LogP contribution in [0.4, 0.5) is 0 Å². The molecule has 2 aliphatic heterocycles. The molecule has 7 nitrogen and oxygen atoms in total. The molecule has 0 bridgehead atoms. The lowest BCUT2D eigenvalue weighted by molar-refractivity contribution is 0.0669. The number of tetrazole rings is 1. The first-order valence-corrected chi connectivity index (χ1v) is 8.96. The topological polar surface area (TPSA) is 67.2 Å². The van der Waals surface area contributed by atoms with Crippen LogP contribution in [0.5, 0.6) is 0 Å². The molecule has 23 heavy (non-hydrogen) atoms. The Morgan fingerprint density at radius 3 is 2.83 bits per heavy atom. The van der Waals surface area contributed by atoms with E-state index in [-0.39, 0.29) is 5.91 Å². The maximum absolute atomic E-state index is 13.1. The average Bonchev–Trinajstić information content (AvgIpc) is 3.31. The molecule has 2 aliphatic rings. The van der Waals surface area contributed by atoms with Gasteiger partial charge in [-0.2, -0.15) is 4.68 Å². The summed E-state index contributed by atoms with van der Waals surface area (Å²) < 4.78 is 1.57. The van der Waals surface area contributed by atoms with Crippen LogP contribution in [0.2, 0.25) is 0 Å². The van der Waals surface area contributed by atoms with Gasteiger partial charge in [-0.15, -0.1) is 16.4 Å². The minimum absolute atomic E-state index is 0.119. The van der Waals surface area contributed by atoms with Crippen LogP contribution in [0.25, 0.3) is 5.69 Å². The fraction of sp³-hybridized carbons (Fsp3) is 0.600. The summed E-state index contributed by atoms with van der Waals surface area (Å²) in [6.07, 6.45) is 6.15. The monoisotopic (exact) mass is 332 g/mol. The van der Waals surface area contributed by atoms with Crippen molar-refractivity contribution in [3.05, 3.63) is 22.7 Å². The van der Waals surface area contributed by atoms with E-state index < -0.39 is 0 Å². The minimum Gasteiger partial charge on any atom is -0.333 e. The van der Waals surface area contributed by atoms with Gasteiger partial charge in [-0.05, 0) is 61.1 Å². The van der Waals surface area contributed by atoms with Gasteiger partial charge in [0.05, 0.1) is 5.69 Å². The number of likely N-dealkylation sites (tertiary alicyclic amines) is 2. The van der Waals surface area contributed by atoms with Gasteiger partial charge >= 0.3 is 0 Å². The van der Waals surface area contributed by atoms with Crippen molar-refractivity contribution in [1.82, 2.24) is 30.0 Å².